The number of carbonyl (C=O) groups excluding carboxylic acids is 1. The highest BCUT2D eigenvalue weighted by Crippen LogP contribution is 2.24. The minimum Gasteiger partial charge on any atom is -0.342 e. The number of rotatable bonds is 5. The molecule has 1 N–H and O–H groups in total. The van der Waals surface area contributed by atoms with Crippen molar-refractivity contribution >= 4 is 40.1 Å². The van der Waals surface area contributed by atoms with Crippen LogP contribution in [0.3, 0.4) is 0 Å². The first-order chi connectivity index (χ1) is 12.5. The maximum Gasteiger partial charge on any atom is 0.253 e. The lowest BCUT2D eigenvalue weighted by molar-refractivity contribution is 0.0938. The summed E-state index contributed by atoms with van der Waals surface area (Å²) < 4.78 is 1.97. The Morgan fingerprint density at radius 2 is 2.08 bits per heavy atom. The molecule has 132 valence electrons. The second kappa shape index (κ2) is 7.77. The molecule has 7 heteroatoms. The van der Waals surface area contributed by atoms with Crippen molar-refractivity contribution in [3.63, 3.8) is 0 Å². The number of nitrogens with one attached hydrogen (secondary N) is 1. The Labute approximate surface area is 161 Å². The van der Waals surface area contributed by atoms with E-state index in [2.05, 4.69) is 16.4 Å². The monoisotopic (exact) mass is 386 g/mol. The number of nitriles is 1. The van der Waals surface area contributed by atoms with Gasteiger partial charge in [0.05, 0.1) is 40.2 Å². The van der Waals surface area contributed by atoms with E-state index in [0.29, 0.717) is 34.4 Å². The molecule has 3 aromatic rings. The Morgan fingerprint density at radius 3 is 2.81 bits per heavy atom. The third-order valence-electron chi connectivity index (χ3n) is 4.04. The predicted octanol–water partition coefficient (Wildman–Crippen LogP) is 4.75. The van der Waals surface area contributed by atoms with Crippen LogP contribution in [0.25, 0.3) is 11.0 Å². The summed E-state index contributed by atoms with van der Waals surface area (Å²) >= 11 is 12.0. The van der Waals surface area contributed by atoms with Crippen molar-refractivity contribution in [2.24, 2.45) is 0 Å². The molecule has 1 heterocycles. The van der Waals surface area contributed by atoms with Crippen molar-refractivity contribution in [1.29, 1.82) is 5.26 Å². The van der Waals surface area contributed by atoms with Crippen molar-refractivity contribution in [2.75, 3.05) is 0 Å². The molecule has 1 aromatic heterocycles. The van der Waals surface area contributed by atoms with E-state index >= 15 is 0 Å². The standard InChI is InChI=1S/C19H16Cl2N4O/c1-12(23-19(26)14-8-7-13(20)11-15(14)21)18-24-16-5-2-3-6-17(16)25(18)10-4-9-22/h2-3,5-8,11-12H,4,10H2,1H3,(H,23,26)/t12-/m1/s1. The van der Waals surface area contributed by atoms with Crippen LogP contribution in [0, 0.1) is 11.3 Å². The number of fused-ring (bicyclic) bond motifs is 1. The van der Waals surface area contributed by atoms with Gasteiger partial charge in [-0.1, -0.05) is 35.3 Å². The Kier molecular flexibility index (Phi) is 5.46. The van der Waals surface area contributed by atoms with Crippen LogP contribution in [0.1, 0.15) is 35.6 Å². The number of para-hydroxylation sites is 2. The number of aryl methyl sites for hydroxylation is 1. The molecule has 0 radical (unpaired) electrons. The molecule has 0 aliphatic heterocycles. The van der Waals surface area contributed by atoms with E-state index in [-0.39, 0.29) is 11.9 Å². The number of aromatic nitrogens is 2. The summed E-state index contributed by atoms with van der Waals surface area (Å²) in [5.74, 6) is 0.387. The molecule has 1 atom stereocenters. The molecular formula is C19H16Cl2N4O. The van der Waals surface area contributed by atoms with Gasteiger partial charge < -0.3 is 9.88 Å². The van der Waals surface area contributed by atoms with E-state index in [0.717, 1.165) is 11.0 Å². The van der Waals surface area contributed by atoms with Gasteiger partial charge in [-0.2, -0.15) is 5.26 Å². The van der Waals surface area contributed by atoms with Gasteiger partial charge in [-0.05, 0) is 37.3 Å². The molecule has 0 saturated heterocycles. The zero-order valence-corrected chi connectivity index (χ0v) is 15.6. The lowest BCUT2D eigenvalue weighted by Gasteiger charge is -2.16. The van der Waals surface area contributed by atoms with Crippen molar-refractivity contribution < 1.29 is 4.79 Å². The van der Waals surface area contributed by atoms with Gasteiger partial charge in [0.2, 0.25) is 0 Å². The van der Waals surface area contributed by atoms with Crippen LogP contribution in [0.4, 0.5) is 0 Å². The van der Waals surface area contributed by atoms with E-state index in [4.69, 9.17) is 28.5 Å². The summed E-state index contributed by atoms with van der Waals surface area (Å²) in [6.45, 7) is 2.36. The van der Waals surface area contributed by atoms with Gasteiger partial charge >= 0.3 is 0 Å². The van der Waals surface area contributed by atoms with E-state index < -0.39 is 0 Å². The van der Waals surface area contributed by atoms with E-state index in [9.17, 15) is 4.79 Å². The number of hydrogen-bond acceptors (Lipinski definition) is 3. The van der Waals surface area contributed by atoms with Crippen LogP contribution >= 0.6 is 23.2 Å². The first kappa shape index (κ1) is 18.2. The Morgan fingerprint density at radius 1 is 1.31 bits per heavy atom. The van der Waals surface area contributed by atoms with Crippen LogP contribution in [0.5, 0.6) is 0 Å². The minimum absolute atomic E-state index is 0.292. The molecule has 2 aromatic carbocycles. The number of benzene rings is 2. The molecule has 0 bridgehead atoms. The number of amides is 1. The number of halogens is 2. The molecule has 3 rings (SSSR count). The van der Waals surface area contributed by atoms with Crippen molar-refractivity contribution in [2.45, 2.75) is 25.9 Å². The maximum absolute atomic E-state index is 12.6. The molecule has 0 unspecified atom stereocenters. The minimum atomic E-state index is -0.361. The summed E-state index contributed by atoms with van der Waals surface area (Å²) in [5, 5.41) is 12.6. The average molecular weight is 387 g/mol. The van der Waals surface area contributed by atoms with Gasteiger partial charge in [0.1, 0.15) is 5.82 Å². The molecular weight excluding hydrogens is 371 g/mol. The fourth-order valence-electron chi connectivity index (χ4n) is 2.83. The first-order valence-electron chi connectivity index (χ1n) is 8.09. The molecule has 0 aliphatic carbocycles. The molecule has 0 aliphatic rings. The van der Waals surface area contributed by atoms with Crippen LogP contribution in [-0.2, 0) is 6.54 Å². The summed E-state index contributed by atoms with van der Waals surface area (Å²) in [6.07, 6.45) is 0.358. The van der Waals surface area contributed by atoms with Crippen LogP contribution in [-0.4, -0.2) is 15.5 Å². The Hall–Kier alpha value is -2.55. The number of hydrogen-bond donors (Lipinski definition) is 1. The molecule has 5 nitrogen and oxygen atoms in total. The topological polar surface area (TPSA) is 70.7 Å². The zero-order chi connectivity index (χ0) is 18.7. The second-order valence-electron chi connectivity index (χ2n) is 5.84. The van der Waals surface area contributed by atoms with Gasteiger partial charge in [-0.25, -0.2) is 4.98 Å². The van der Waals surface area contributed by atoms with Crippen molar-refractivity contribution in [1.82, 2.24) is 14.9 Å². The smallest absolute Gasteiger partial charge is 0.253 e. The Balaban J connectivity index is 1.90. The lowest BCUT2D eigenvalue weighted by Crippen LogP contribution is -2.29. The fourth-order valence-corrected chi connectivity index (χ4v) is 3.33. The maximum atomic E-state index is 12.6. The first-order valence-corrected chi connectivity index (χ1v) is 8.85. The second-order valence-corrected chi connectivity index (χ2v) is 6.68. The summed E-state index contributed by atoms with van der Waals surface area (Å²) in [6, 6.07) is 14.2. The SMILES string of the molecule is C[C@@H](NC(=O)c1ccc(Cl)cc1Cl)c1nc2ccccc2n1CCC#N. The molecule has 0 spiro atoms. The number of nitrogens with zero attached hydrogens (tertiary/aromatic N) is 3. The van der Waals surface area contributed by atoms with Gasteiger partial charge in [0, 0.05) is 11.6 Å². The molecule has 1 amide bonds. The third-order valence-corrected chi connectivity index (χ3v) is 4.59. The van der Waals surface area contributed by atoms with Crippen LogP contribution in [0.15, 0.2) is 42.5 Å². The van der Waals surface area contributed by atoms with E-state index in [1.165, 1.54) is 6.07 Å². The predicted molar refractivity (Wildman–Crippen MR) is 102 cm³/mol. The average Bonchev–Trinajstić information content (AvgIpc) is 2.98. The highest BCUT2D eigenvalue weighted by Gasteiger charge is 2.20. The highest BCUT2D eigenvalue weighted by molar-refractivity contribution is 6.36. The number of imidazole rings is 1. The van der Waals surface area contributed by atoms with Gasteiger partial charge in [-0.15, -0.1) is 0 Å². The third kappa shape index (κ3) is 3.67. The Bertz CT molecular complexity index is 1010. The lowest BCUT2D eigenvalue weighted by atomic mass is 10.2. The van der Waals surface area contributed by atoms with Crippen molar-refractivity contribution in [3.05, 3.63) is 63.9 Å². The van der Waals surface area contributed by atoms with Gasteiger partial charge in [0.15, 0.2) is 0 Å². The van der Waals surface area contributed by atoms with E-state index in [1.54, 1.807) is 12.1 Å². The van der Waals surface area contributed by atoms with Gasteiger partial charge in [-0.3, -0.25) is 4.79 Å². The summed E-state index contributed by atoms with van der Waals surface area (Å²) in [4.78, 5) is 17.2. The van der Waals surface area contributed by atoms with E-state index in [1.807, 2.05) is 35.8 Å². The zero-order valence-electron chi connectivity index (χ0n) is 14.0. The van der Waals surface area contributed by atoms with Crippen LogP contribution < -0.4 is 5.32 Å². The molecule has 26 heavy (non-hydrogen) atoms. The normalized spacial score (nSPS) is 11.9. The molecule has 0 saturated carbocycles. The van der Waals surface area contributed by atoms with Gasteiger partial charge in [0.25, 0.3) is 5.91 Å². The van der Waals surface area contributed by atoms with Crippen molar-refractivity contribution in [3.8, 4) is 6.07 Å². The largest absolute Gasteiger partial charge is 0.342 e. The molecule has 0 fully saturated rings. The quantitative estimate of drug-likeness (QED) is 0.687. The van der Waals surface area contributed by atoms with Crippen LogP contribution in [0.2, 0.25) is 10.0 Å². The fraction of sp³-hybridized carbons (Fsp3) is 0.211. The highest BCUT2D eigenvalue weighted by atomic mass is 35.5. The number of carbonyl (C=O) groups is 1. The summed E-state index contributed by atoms with van der Waals surface area (Å²) in [5.41, 5.74) is 2.11. The summed E-state index contributed by atoms with van der Waals surface area (Å²) in [7, 11) is 0.